The van der Waals surface area contributed by atoms with Gasteiger partial charge < -0.3 is 0 Å². The molecule has 0 aliphatic heterocycles. The summed E-state index contributed by atoms with van der Waals surface area (Å²) in [6.45, 7) is 2.26. The third kappa shape index (κ3) is 4.12. The summed E-state index contributed by atoms with van der Waals surface area (Å²) in [4.78, 5) is 0. The standard InChI is InChI=1S/C35H32NOP/c1-27-33-20-12-13-25-36(33)34(35(27)28-21-23-29(37-2)24-22-28)26-38(30-14-6-3-7-15-30,31-16-8-4-9-17-31)32-18-10-5-11-19-32/h3-25,38H,26H2,1-2H3. The summed E-state index contributed by atoms with van der Waals surface area (Å²) in [5, 5.41) is 4.25. The molecule has 3 heteroatoms. The molecule has 0 saturated carbocycles. The summed E-state index contributed by atoms with van der Waals surface area (Å²) in [5.41, 5.74) is 6.46. The van der Waals surface area contributed by atoms with E-state index >= 15 is 0 Å². The minimum atomic E-state index is -2.50. The van der Waals surface area contributed by atoms with Gasteiger partial charge in [0.15, 0.2) is 0 Å². The second kappa shape index (κ2) is 10.3. The van der Waals surface area contributed by atoms with Gasteiger partial charge in [-0.15, -0.1) is 0 Å². The quantitative estimate of drug-likeness (QED) is 0.207. The Morgan fingerprint density at radius 3 is 1.61 bits per heavy atom. The molecular weight excluding hydrogens is 481 g/mol. The molecule has 2 aromatic heterocycles. The molecule has 2 heterocycles. The predicted molar refractivity (Wildman–Crippen MR) is 164 cm³/mol. The summed E-state index contributed by atoms with van der Waals surface area (Å²) in [6, 6.07) is 48.6. The molecule has 0 spiro atoms. The van der Waals surface area contributed by atoms with Gasteiger partial charge in [0, 0.05) is 0 Å². The van der Waals surface area contributed by atoms with Crippen LogP contribution >= 0.6 is 7.26 Å². The molecule has 0 N–H and O–H groups in total. The Kier molecular flexibility index (Phi) is 6.58. The molecule has 2 nitrogen and oxygen atoms in total. The zero-order valence-electron chi connectivity index (χ0n) is 21.8. The van der Waals surface area contributed by atoms with Gasteiger partial charge in [-0.2, -0.15) is 0 Å². The van der Waals surface area contributed by atoms with Crippen molar-refractivity contribution in [1.29, 1.82) is 0 Å². The average Bonchev–Trinajstić information content (AvgIpc) is 3.28. The Bertz CT molecular complexity index is 1560. The first-order chi connectivity index (χ1) is 18.7. The van der Waals surface area contributed by atoms with Crippen molar-refractivity contribution in [3.8, 4) is 16.9 Å². The van der Waals surface area contributed by atoms with E-state index in [0.717, 1.165) is 11.9 Å². The van der Waals surface area contributed by atoms with E-state index in [1.807, 2.05) is 0 Å². The summed E-state index contributed by atoms with van der Waals surface area (Å²) in [5.74, 6) is 0.873. The van der Waals surface area contributed by atoms with Crippen LogP contribution < -0.4 is 20.7 Å². The van der Waals surface area contributed by atoms with Gasteiger partial charge in [0.05, 0.1) is 0 Å². The van der Waals surface area contributed by atoms with Crippen molar-refractivity contribution >= 4 is 28.7 Å². The number of fused-ring (bicyclic) bond motifs is 1. The molecule has 0 saturated heterocycles. The summed E-state index contributed by atoms with van der Waals surface area (Å²) in [6.07, 6.45) is 3.16. The van der Waals surface area contributed by atoms with E-state index in [2.05, 4.69) is 151 Å². The molecule has 0 radical (unpaired) electrons. The van der Waals surface area contributed by atoms with Crippen molar-refractivity contribution in [2.75, 3.05) is 7.11 Å². The molecule has 0 unspecified atom stereocenters. The van der Waals surface area contributed by atoms with Crippen LogP contribution in [-0.4, -0.2) is 11.5 Å². The van der Waals surface area contributed by atoms with Gasteiger partial charge in [0.1, 0.15) is 0 Å². The molecule has 0 atom stereocenters. The fraction of sp³-hybridized carbons (Fsp3) is 0.0857. The molecule has 4 aromatic carbocycles. The normalized spacial score (nSPS) is 11.9. The number of aryl methyl sites for hydroxylation is 1. The number of benzene rings is 4. The van der Waals surface area contributed by atoms with Crippen LogP contribution in [0, 0.1) is 6.92 Å². The number of hydrogen-bond donors (Lipinski definition) is 0. The van der Waals surface area contributed by atoms with Crippen molar-refractivity contribution < 1.29 is 4.74 Å². The second-order valence-corrected chi connectivity index (χ2v) is 13.7. The van der Waals surface area contributed by atoms with Crippen LogP contribution in [0.25, 0.3) is 16.6 Å². The number of ether oxygens (including phenoxy) is 1. The van der Waals surface area contributed by atoms with E-state index in [0.29, 0.717) is 0 Å². The van der Waals surface area contributed by atoms with Crippen molar-refractivity contribution in [1.82, 2.24) is 4.40 Å². The van der Waals surface area contributed by atoms with Crippen molar-refractivity contribution in [3.05, 3.63) is 151 Å². The summed E-state index contributed by atoms with van der Waals surface area (Å²) >= 11 is 0. The van der Waals surface area contributed by atoms with E-state index in [9.17, 15) is 0 Å². The van der Waals surface area contributed by atoms with Crippen molar-refractivity contribution in [2.45, 2.75) is 13.1 Å². The van der Waals surface area contributed by atoms with E-state index in [-0.39, 0.29) is 0 Å². The Morgan fingerprint density at radius 2 is 1.11 bits per heavy atom. The van der Waals surface area contributed by atoms with Crippen molar-refractivity contribution in [2.24, 2.45) is 0 Å². The Labute approximate surface area is 225 Å². The first kappa shape index (κ1) is 24.2. The second-order valence-electron chi connectivity index (χ2n) is 9.81. The third-order valence-electron chi connectivity index (χ3n) is 7.81. The van der Waals surface area contributed by atoms with Crippen LogP contribution in [0.1, 0.15) is 11.3 Å². The van der Waals surface area contributed by atoms with E-state index < -0.39 is 7.26 Å². The van der Waals surface area contributed by atoms with Gasteiger partial charge >= 0.3 is 226 Å². The molecular formula is C35H32NOP. The number of aromatic nitrogens is 1. The zero-order valence-corrected chi connectivity index (χ0v) is 22.8. The van der Waals surface area contributed by atoms with Crippen LogP contribution in [0.5, 0.6) is 5.75 Å². The predicted octanol–water partition coefficient (Wildman–Crippen LogP) is 7.15. The number of pyridine rings is 1. The molecule has 38 heavy (non-hydrogen) atoms. The van der Waals surface area contributed by atoms with Gasteiger partial charge in [-0.05, 0) is 0 Å². The zero-order chi connectivity index (χ0) is 26.0. The molecule has 0 aliphatic rings. The van der Waals surface area contributed by atoms with Crippen LogP contribution in [0.3, 0.4) is 0 Å². The number of nitrogens with zero attached hydrogens (tertiary/aromatic N) is 1. The molecule has 0 aliphatic carbocycles. The van der Waals surface area contributed by atoms with Gasteiger partial charge in [0.25, 0.3) is 0 Å². The summed E-state index contributed by atoms with van der Waals surface area (Å²) < 4.78 is 7.90. The monoisotopic (exact) mass is 513 g/mol. The average molecular weight is 514 g/mol. The fourth-order valence-corrected chi connectivity index (χ4v) is 10.7. The van der Waals surface area contributed by atoms with Crippen molar-refractivity contribution in [3.63, 3.8) is 0 Å². The molecule has 6 rings (SSSR count). The third-order valence-corrected chi connectivity index (χ3v) is 12.6. The van der Waals surface area contributed by atoms with Gasteiger partial charge in [-0.3, -0.25) is 0 Å². The molecule has 188 valence electrons. The molecule has 0 fully saturated rings. The number of hydrogen-bond acceptors (Lipinski definition) is 1. The maximum absolute atomic E-state index is 5.48. The Morgan fingerprint density at radius 1 is 0.605 bits per heavy atom. The van der Waals surface area contributed by atoms with Gasteiger partial charge in [-0.25, -0.2) is 0 Å². The SMILES string of the molecule is COc1ccc(-c2c(C)c3ccccn3c2C[PH](c2ccccc2)(c2ccccc2)c2ccccc2)cc1. The molecule has 0 bridgehead atoms. The van der Waals surface area contributed by atoms with E-state index in [1.165, 1.54) is 43.8 Å². The van der Waals surface area contributed by atoms with Crippen LogP contribution in [-0.2, 0) is 6.16 Å². The van der Waals surface area contributed by atoms with E-state index in [4.69, 9.17) is 4.74 Å². The topological polar surface area (TPSA) is 13.6 Å². The van der Waals surface area contributed by atoms with Crippen LogP contribution in [0.4, 0.5) is 0 Å². The summed E-state index contributed by atoms with van der Waals surface area (Å²) in [7, 11) is -0.776. The number of rotatable bonds is 7. The first-order valence-corrected chi connectivity index (χ1v) is 15.3. The van der Waals surface area contributed by atoms with Crippen LogP contribution in [0.15, 0.2) is 140 Å². The minimum absolute atomic E-state index is 0.873. The number of methoxy groups -OCH3 is 1. The first-order valence-electron chi connectivity index (χ1n) is 13.1. The maximum atomic E-state index is 5.48. The molecule has 6 aromatic rings. The van der Waals surface area contributed by atoms with E-state index in [1.54, 1.807) is 7.11 Å². The fourth-order valence-electron chi connectivity index (χ4n) is 5.99. The Hall–Kier alpha value is -4.13. The van der Waals surface area contributed by atoms with Gasteiger partial charge in [-0.1, -0.05) is 0 Å². The van der Waals surface area contributed by atoms with Crippen LogP contribution in [0.2, 0.25) is 0 Å². The Balaban J connectivity index is 1.68. The van der Waals surface area contributed by atoms with Gasteiger partial charge in [0.2, 0.25) is 0 Å². The molecule has 0 amide bonds.